The highest BCUT2D eigenvalue weighted by atomic mass is 32.2. The van der Waals surface area contributed by atoms with Gasteiger partial charge in [-0.25, -0.2) is 0 Å². The molecule has 0 bridgehead atoms. The second-order valence-electron chi connectivity index (χ2n) is 4.39. The van der Waals surface area contributed by atoms with Gasteiger partial charge in [-0.3, -0.25) is 0 Å². The quantitative estimate of drug-likeness (QED) is 0.818. The molecule has 1 saturated heterocycles. The van der Waals surface area contributed by atoms with Crippen molar-refractivity contribution in [1.29, 1.82) is 5.26 Å². The van der Waals surface area contributed by atoms with Crippen molar-refractivity contribution in [1.82, 2.24) is 5.32 Å². The SMILES string of the molecule is CCSc1cccc(NC2CCNCC2)c1C#N. The maximum absolute atomic E-state index is 9.34. The molecule has 96 valence electrons. The Morgan fingerprint density at radius 3 is 2.89 bits per heavy atom. The molecule has 0 amide bonds. The van der Waals surface area contributed by atoms with Crippen molar-refractivity contribution in [3.8, 4) is 6.07 Å². The van der Waals surface area contributed by atoms with Crippen LogP contribution in [-0.2, 0) is 0 Å². The van der Waals surface area contributed by atoms with Crippen LogP contribution in [0.25, 0.3) is 0 Å². The zero-order valence-electron chi connectivity index (χ0n) is 10.7. The number of nitrogens with one attached hydrogen (secondary N) is 2. The first kappa shape index (κ1) is 13.3. The Kier molecular flexibility index (Phi) is 4.91. The van der Waals surface area contributed by atoms with Gasteiger partial charge in [-0.2, -0.15) is 5.26 Å². The maximum Gasteiger partial charge on any atom is 0.102 e. The van der Waals surface area contributed by atoms with Crippen LogP contribution in [0.2, 0.25) is 0 Å². The van der Waals surface area contributed by atoms with Crippen LogP contribution < -0.4 is 10.6 Å². The second-order valence-corrected chi connectivity index (χ2v) is 5.70. The van der Waals surface area contributed by atoms with Crippen LogP contribution in [0.4, 0.5) is 5.69 Å². The Morgan fingerprint density at radius 1 is 1.44 bits per heavy atom. The summed E-state index contributed by atoms with van der Waals surface area (Å²) in [6.45, 7) is 4.23. The zero-order valence-corrected chi connectivity index (χ0v) is 11.5. The summed E-state index contributed by atoms with van der Waals surface area (Å²) in [5.74, 6) is 0.992. The number of piperidine rings is 1. The van der Waals surface area contributed by atoms with Crippen LogP contribution in [0.3, 0.4) is 0 Å². The third-order valence-electron chi connectivity index (χ3n) is 3.14. The fourth-order valence-corrected chi connectivity index (χ4v) is 3.01. The minimum Gasteiger partial charge on any atom is -0.381 e. The number of nitrogens with zero attached hydrogens (tertiary/aromatic N) is 1. The molecule has 1 aliphatic heterocycles. The molecule has 1 aromatic rings. The molecule has 2 rings (SSSR count). The summed E-state index contributed by atoms with van der Waals surface area (Å²) in [6, 6.07) is 8.90. The number of thioether (sulfide) groups is 1. The largest absolute Gasteiger partial charge is 0.381 e. The molecule has 2 N–H and O–H groups in total. The summed E-state index contributed by atoms with van der Waals surface area (Å²) in [7, 11) is 0. The predicted octanol–water partition coefficient (Wildman–Crippen LogP) is 2.83. The van der Waals surface area contributed by atoms with Gasteiger partial charge in [0.05, 0.1) is 11.3 Å². The Morgan fingerprint density at radius 2 is 2.22 bits per heavy atom. The molecule has 0 atom stereocenters. The van der Waals surface area contributed by atoms with Gasteiger partial charge in [0, 0.05) is 10.9 Å². The molecule has 1 fully saturated rings. The lowest BCUT2D eigenvalue weighted by molar-refractivity contribution is 0.479. The molecule has 1 heterocycles. The summed E-state index contributed by atoms with van der Waals surface area (Å²) in [5.41, 5.74) is 1.78. The van der Waals surface area contributed by atoms with Crippen molar-refractivity contribution in [2.24, 2.45) is 0 Å². The van der Waals surface area contributed by atoms with E-state index in [1.807, 2.05) is 18.2 Å². The molecular formula is C14H19N3S. The van der Waals surface area contributed by atoms with E-state index < -0.39 is 0 Å². The highest BCUT2D eigenvalue weighted by Crippen LogP contribution is 2.28. The predicted molar refractivity (Wildman–Crippen MR) is 77.1 cm³/mol. The van der Waals surface area contributed by atoms with Crippen LogP contribution in [-0.4, -0.2) is 24.9 Å². The first-order valence-electron chi connectivity index (χ1n) is 6.48. The summed E-state index contributed by atoms with van der Waals surface area (Å²) < 4.78 is 0. The molecule has 0 aromatic heterocycles. The molecule has 0 aliphatic carbocycles. The summed E-state index contributed by atoms with van der Waals surface area (Å²) in [4.78, 5) is 1.08. The molecule has 3 nitrogen and oxygen atoms in total. The first-order chi connectivity index (χ1) is 8.85. The average Bonchev–Trinajstić information content (AvgIpc) is 2.41. The molecule has 1 aliphatic rings. The van der Waals surface area contributed by atoms with Gasteiger partial charge < -0.3 is 10.6 Å². The molecule has 0 radical (unpaired) electrons. The monoisotopic (exact) mass is 261 g/mol. The lowest BCUT2D eigenvalue weighted by atomic mass is 10.1. The maximum atomic E-state index is 9.34. The fraction of sp³-hybridized carbons (Fsp3) is 0.500. The third-order valence-corrected chi connectivity index (χ3v) is 4.08. The van der Waals surface area contributed by atoms with Crippen molar-refractivity contribution in [3.63, 3.8) is 0 Å². The van der Waals surface area contributed by atoms with Gasteiger partial charge in [-0.15, -0.1) is 11.8 Å². The number of hydrogen-bond donors (Lipinski definition) is 2. The lowest BCUT2D eigenvalue weighted by Crippen LogP contribution is -2.35. The lowest BCUT2D eigenvalue weighted by Gasteiger charge is -2.25. The van der Waals surface area contributed by atoms with E-state index >= 15 is 0 Å². The average molecular weight is 261 g/mol. The van der Waals surface area contributed by atoms with Gasteiger partial charge in [0.2, 0.25) is 0 Å². The molecular weight excluding hydrogens is 242 g/mol. The van der Waals surface area contributed by atoms with E-state index in [9.17, 15) is 5.26 Å². The smallest absolute Gasteiger partial charge is 0.102 e. The van der Waals surface area contributed by atoms with E-state index in [1.54, 1.807) is 11.8 Å². The first-order valence-corrected chi connectivity index (χ1v) is 7.47. The van der Waals surface area contributed by atoms with E-state index in [0.29, 0.717) is 6.04 Å². The van der Waals surface area contributed by atoms with Gasteiger partial charge in [-0.1, -0.05) is 13.0 Å². The number of hydrogen-bond acceptors (Lipinski definition) is 4. The normalized spacial score (nSPS) is 16.2. The van der Waals surface area contributed by atoms with Crippen molar-refractivity contribution >= 4 is 17.4 Å². The van der Waals surface area contributed by atoms with Gasteiger partial charge in [0.15, 0.2) is 0 Å². The van der Waals surface area contributed by atoms with E-state index in [1.165, 1.54) is 0 Å². The topological polar surface area (TPSA) is 47.8 Å². The van der Waals surface area contributed by atoms with Crippen molar-refractivity contribution in [2.75, 3.05) is 24.2 Å². The summed E-state index contributed by atoms with van der Waals surface area (Å²) in [5, 5.41) is 16.2. The molecule has 0 spiro atoms. The Balaban J connectivity index is 2.16. The van der Waals surface area contributed by atoms with Gasteiger partial charge in [0.1, 0.15) is 6.07 Å². The van der Waals surface area contributed by atoms with E-state index in [0.717, 1.165) is 47.8 Å². The van der Waals surface area contributed by atoms with Gasteiger partial charge in [-0.05, 0) is 43.8 Å². The Bertz CT molecular complexity index is 433. The van der Waals surface area contributed by atoms with Crippen LogP contribution in [0.5, 0.6) is 0 Å². The fourth-order valence-electron chi connectivity index (χ4n) is 2.23. The zero-order chi connectivity index (χ0) is 12.8. The van der Waals surface area contributed by atoms with Crippen molar-refractivity contribution < 1.29 is 0 Å². The highest BCUT2D eigenvalue weighted by Gasteiger charge is 2.15. The minimum absolute atomic E-state index is 0.486. The van der Waals surface area contributed by atoms with Gasteiger partial charge >= 0.3 is 0 Å². The standard InChI is InChI=1S/C14H19N3S/c1-2-18-14-5-3-4-13(12(14)10-15)17-11-6-8-16-9-7-11/h3-5,11,16-17H,2,6-9H2,1H3. The second kappa shape index (κ2) is 6.67. The Hall–Kier alpha value is -1.18. The Labute approximate surface area is 113 Å². The number of benzene rings is 1. The summed E-state index contributed by atoms with van der Waals surface area (Å²) >= 11 is 1.73. The molecule has 4 heteroatoms. The highest BCUT2D eigenvalue weighted by molar-refractivity contribution is 7.99. The number of anilines is 1. The van der Waals surface area contributed by atoms with Gasteiger partial charge in [0.25, 0.3) is 0 Å². The molecule has 0 saturated carbocycles. The van der Waals surface area contributed by atoms with Crippen LogP contribution in [0, 0.1) is 11.3 Å². The number of nitriles is 1. The van der Waals surface area contributed by atoms with E-state index in [2.05, 4.69) is 23.6 Å². The van der Waals surface area contributed by atoms with Crippen molar-refractivity contribution in [3.05, 3.63) is 23.8 Å². The van der Waals surface area contributed by atoms with E-state index in [4.69, 9.17) is 0 Å². The van der Waals surface area contributed by atoms with E-state index in [-0.39, 0.29) is 0 Å². The van der Waals surface area contributed by atoms with Crippen LogP contribution >= 0.6 is 11.8 Å². The molecule has 0 unspecified atom stereocenters. The summed E-state index contributed by atoms with van der Waals surface area (Å²) in [6.07, 6.45) is 2.24. The number of rotatable bonds is 4. The van der Waals surface area contributed by atoms with Crippen LogP contribution in [0.1, 0.15) is 25.3 Å². The minimum atomic E-state index is 0.486. The van der Waals surface area contributed by atoms with Crippen LogP contribution in [0.15, 0.2) is 23.1 Å². The third kappa shape index (κ3) is 3.18. The molecule has 18 heavy (non-hydrogen) atoms. The van der Waals surface area contributed by atoms with Crippen molar-refractivity contribution in [2.45, 2.75) is 30.7 Å². The molecule has 1 aromatic carbocycles.